The highest BCUT2D eigenvalue weighted by atomic mass is 32.2. The number of hydrogen-bond acceptors (Lipinski definition) is 4. The lowest BCUT2D eigenvalue weighted by Crippen LogP contribution is -2.29. The van der Waals surface area contributed by atoms with Crippen molar-refractivity contribution in [1.29, 1.82) is 0 Å². The smallest absolute Gasteiger partial charge is 0.213 e. The van der Waals surface area contributed by atoms with Gasteiger partial charge in [0, 0.05) is 5.22 Å². The van der Waals surface area contributed by atoms with E-state index in [2.05, 4.69) is 6.08 Å². The van der Waals surface area contributed by atoms with Gasteiger partial charge in [0.05, 0.1) is 4.90 Å². The third-order valence-corrected chi connectivity index (χ3v) is 7.20. The molecule has 0 radical (unpaired) electrons. The Morgan fingerprint density at radius 1 is 0.933 bits per heavy atom. The van der Waals surface area contributed by atoms with Gasteiger partial charge >= 0.3 is 0 Å². The Morgan fingerprint density at radius 3 is 2.33 bits per heavy atom. The van der Waals surface area contributed by atoms with Gasteiger partial charge in [0.15, 0.2) is 4.90 Å². The summed E-state index contributed by atoms with van der Waals surface area (Å²) in [6.45, 7) is 5.99. The molecule has 0 saturated heterocycles. The molecule has 0 aromatic heterocycles. The molecule has 30 heavy (non-hydrogen) atoms. The topological polar surface area (TPSA) is 74.6 Å². The van der Waals surface area contributed by atoms with E-state index in [1.54, 1.807) is 30.4 Å². The Morgan fingerprint density at radius 2 is 1.63 bits per heavy atom. The molecule has 0 spiro atoms. The third-order valence-electron chi connectivity index (χ3n) is 5.37. The first kappa shape index (κ1) is 20.0. The van der Waals surface area contributed by atoms with Gasteiger partial charge in [-0.15, -0.1) is 0 Å². The summed E-state index contributed by atoms with van der Waals surface area (Å²) >= 11 is 0. The van der Waals surface area contributed by atoms with Crippen molar-refractivity contribution < 1.29 is 18.6 Å². The summed E-state index contributed by atoms with van der Waals surface area (Å²) in [6, 6.07) is 9.23. The third kappa shape index (κ3) is 3.12. The summed E-state index contributed by atoms with van der Waals surface area (Å²) in [6.07, 6.45) is 9.54. The predicted octanol–water partition coefficient (Wildman–Crippen LogP) is 3.65. The fourth-order valence-electron chi connectivity index (χ4n) is 4.11. The number of aromatic hydroxyl groups is 2. The minimum atomic E-state index is -4.11. The summed E-state index contributed by atoms with van der Waals surface area (Å²) in [4.78, 5) is -0.472. The van der Waals surface area contributed by atoms with Crippen LogP contribution in [-0.2, 0) is 9.84 Å². The van der Waals surface area contributed by atoms with Crippen molar-refractivity contribution in [2.75, 3.05) is 0 Å². The van der Waals surface area contributed by atoms with Crippen molar-refractivity contribution in [2.24, 2.45) is 0 Å². The molecule has 0 amide bonds. The zero-order chi connectivity index (χ0) is 21.6. The van der Waals surface area contributed by atoms with Crippen molar-refractivity contribution in [2.45, 2.75) is 30.6 Å². The zero-order valence-corrected chi connectivity index (χ0v) is 17.8. The van der Waals surface area contributed by atoms with E-state index in [1.807, 2.05) is 32.9 Å². The van der Waals surface area contributed by atoms with Gasteiger partial charge in [-0.05, 0) is 66.5 Å². The molecule has 0 saturated carbocycles. The maximum Gasteiger partial charge on any atom is 0.213 e. The van der Waals surface area contributed by atoms with Crippen LogP contribution >= 0.6 is 0 Å². The molecule has 0 unspecified atom stereocenters. The fraction of sp³-hybridized carbons (Fsp3) is 0.120. The van der Waals surface area contributed by atoms with Crippen LogP contribution < -0.4 is 10.4 Å². The minimum absolute atomic E-state index is 0.00849. The van der Waals surface area contributed by atoms with Crippen LogP contribution in [0.5, 0.6) is 11.5 Å². The number of phenolic OH excluding ortho intramolecular Hbond substituents is 2. The van der Waals surface area contributed by atoms with Gasteiger partial charge in [0.2, 0.25) is 9.84 Å². The normalized spacial score (nSPS) is 16.0. The van der Waals surface area contributed by atoms with E-state index < -0.39 is 26.2 Å². The van der Waals surface area contributed by atoms with Crippen LogP contribution in [-0.4, -0.2) is 18.6 Å². The first-order chi connectivity index (χ1) is 14.2. The van der Waals surface area contributed by atoms with Crippen molar-refractivity contribution in [3.8, 4) is 11.5 Å². The Balaban J connectivity index is 2.14. The number of sulfone groups is 1. The average Bonchev–Trinajstić information content (AvgIpc) is 2.93. The number of benzene rings is 2. The largest absolute Gasteiger partial charge is 0.506 e. The second kappa shape index (κ2) is 7.18. The van der Waals surface area contributed by atoms with Crippen LogP contribution in [0.4, 0.5) is 0 Å². The lowest BCUT2D eigenvalue weighted by atomic mass is 9.93. The summed E-state index contributed by atoms with van der Waals surface area (Å²) < 4.78 is 26.3. The SMILES string of the molecule is CC1=CC(C)=C2C=CC=c3c(O)c(S(=O)(=O)c4ccccc4)c(O)cc3=C2C(C)=C1. The lowest BCUT2D eigenvalue weighted by molar-refractivity contribution is 0.419. The van der Waals surface area contributed by atoms with E-state index in [9.17, 15) is 18.6 Å². The first-order valence-electron chi connectivity index (χ1n) is 9.58. The molecule has 4 rings (SSSR count). The summed E-state index contributed by atoms with van der Waals surface area (Å²) in [7, 11) is -4.11. The molecular formula is C25H22O4S. The number of hydrogen-bond donors (Lipinski definition) is 2. The quantitative estimate of drug-likeness (QED) is 0.781. The maximum atomic E-state index is 13.2. The van der Waals surface area contributed by atoms with E-state index in [1.165, 1.54) is 18.2 Å². The van der Waals surface area contributed by atoms with Crippen LogP contribution in [0, 0.1) is 0 Å². The van der Waals surface area contributed by atoms with Crippen LogP contribution in [0.1, 0.15) is 20.8 Å². The van der Waals surface area contributed by atoms with Gasteiger partial charge in [-0.25, -0.2) is 8.42 Å². The second-order valence-electron chi connectivity index (χ2n) is 7.56. The molecule has 152 valence electrons. The van der Waals surface area contributed by atoms with Crippen molar-refractivity contribution >= 4 is 21.5 Å². The van der Waals surface area contributed by atoms with Gasteiger partial charge in [-0.1, -0.05) is 54.2 Å². The molecule has 2 aliphatic carbocycles. The molecule has 0 fully saturated rings. The molecule has 0 heterocycles. The number of phenols is 2. The molecule has 2 N–H and O–H groups in total. The summed E-state index contributed by atoms with van der Waals surface area (Å²) in [5, 5.41) is 22.8. The highest BCUT2D eigenvalue weighted by Gasteiger charge is 2.28. The van der Waals surface area contributed by atoms with Gasteiger partial charge in [0.1, 0.15) is 11.5 Å². The van der Waals surface area contributed by atoms with Gasteiger partial charge in [0.25, 0.3) is 0 Å². The fourth-order valence-corrected chi connectivity index (χ4v) is 5.56. The minimum Gasteiger partial charge on any atom is -0.506 e. The van der Waals surface area contributed by atoms with E-state index in [-0.39, 0.29) is 4.90 Å². The van der Waals surface area contributed by atoms with Crippen LogP contribution in [0.3, 0.4) is 0 Å². The highest BCUT2D eigenvalue weighted by molar-refractivity contribution is 7.91. The predicted molar refractivity (Wildman–Crippen MR) is 118 cm³/mol. The number of allylic oxidation sites excluding steroid dienone is 8. The number of fused-ring (bicyclic) bond motifs is 2. The Bertz CT molecular complexity index is 1420. The molecular weight excluding hydrogens is 396 g/mol. The van der Waals surface area contributed by atoms with Gasteiger partial charge < -0.3 is 10.2 Å². The molecule has 0 bridgehead atoms. The molecule has 4 nitrogen and oxygen atoms in total. The zero-order valence-electron chi connectivity index (χ0n) is 17.0. The van der Waals surface area contributed by atoms with Crippen molar-refractivity contribution in [3.63, 3.8) is 0 Å². The molecule has 5 heteroatoms. The van der Waals surface area contributed by atoms with Crippen LogP contribution in [0.25, 0.3) is 11.6 Å². The standard InChI is InChI=1S/C25H22O4S/c1-15-12-16(2)19-10-7-11-20-21(23(19)17(3)13-15)14-22(26)25(24(20)27)30(28,29)18-8-5-4-6-9-18/h4-14,26-27H,1-3H3. The maximum absolute atomic E-state index is 13.2. The lowest BCUT2D eigenvalue weighted by Gasteiger charge is -2.13. The van der Waals surface area contributed by atoms with Crippen LogP contribution in [0.15, 0.2) is 92.8 Å². The Hall–Kier alpha value is -3.31. The molecule has 0 aliphatic heterocycles. The molecule has 2 aliphatic rings. The summed E-state index contributed by atoms with van der Waals surface area (Å²) in [5.74, 6) is -0.928. The monoisotopic (exact) mass is 418 g/mol. The van der Waals surface area contributed by atoms with E-state index >= 15 is 0 Å². The van der Waals surface area contributed by atoms with Gasteiger partial charge in [-0.3, -0.25) is 0 Å². The molecule has 0 atom stereocenters. The van der Waals surface area contributed by atoms with Crippen molar-refractivity contribution in [3.05, 3.63) is 93.4 Å². The first-order valence-corrected chi connectivity index (χ1v) is 11.1. The van der Waals surface area contributed by atoms with Gasteiger partial charge in [-0.2, -0.15) is 0 Å². The van der Waals surface area contributed by atoms with Crippen LogP contribution in [0.2, 0.25) is 0 Å². The molecule has 2 aromatic carbocycles. The average molecular weight is 419 g/mol. The second-order valence-corrected chi connectivity index (χ2v) is 9.45. The highest BCUT2D eigenvalue weighted by Crippen LogP contribution is 2.35. The Labute approximate surface area is 175 Å². The number of rotatable bonds is 2. The van der Waals surface area contributed by atoms with E-state index in [4.69, 9.17) is 0 Å². The Kier molecular flexibility index (Phi) is 4.79. The van der Waals surface area contributed by atoms with E-state index in [0.717, 1.165) is 27.9 Å². The van der Waals surface area contributed by atoms with Crippen molar-refractivity contribution in [1.82, 2.24) is 0 Å². The van der Waals surface area contributed by atoms with E-state index in [0.29, 0.717) is 10.4 Å². The molecule has 2 aromatic rings. The summed E-state index contributed by atoms with van der Waals surface area (Å²) in [5.41, 5.74) is 4.93.